The molecule has 3 fully saturated rings. The second-order valence-corrected chi connectivity index (χ2v) is 7.99. The quantitative estimate of drug-likeness (QED) is 0.540. The molecule has 138 valence electrons. The molecule has 0 aromatic heterocycles. The number of rotatable bonds is 4. The van der Waals surface area contributed by atoms with Gasteiger partial charge in [-0.2, -0.15) is 0 Å². The van der Waals surface area contributed by atoms with E-state index < -0.39 is 18.2 Å². The molecule has 0 aliphatic heterocycles. The summed E-state index contributed by atoms with van der Waals surface area (Å²) in [6, 6.07) is 0. The Morgan fingerprint density at radius 2 is 1.96 bits per heavy atom. The van der Waals surface area contributed by atoms with Gasteiger partial charge < -0.3 is 15.3 Å². The Bertz CT molecular complexity index is 564. The van der Waals surface area contributed by atoms with Gasteiger partial charge in [0.1, 0.15) is 6.10 Å². The van der Waals surface area contributed by atoms with Crippen molar-refractivity contribution in [3.8, 4) is 11.8 Å². The van der Waals surface area contributed by atoms with Crippen molar-refractivity contribution in [2.45, 2.75) is 76.4 Å². The van der Waals surface area contributed by atoms with Gasteiger partial charge in [0, 0.05) is 6.42 Å². The number of carboxylic acids is 1. The summed E-state index contributed by atoms with van der Waals surface area (Å²) in [5.74, 6) is 6.59. The zero-order chi connectivity index (χ0) is 17.8. The average molecular weight is 346 g/mol. The topological polar surface area (TPSA) is 77.8 Å². The Morgan fingerprint density at radius 1 is 1.20 bits per heavy atom. The number of fused-ring (bicyclic) bond motifs is 1. The summed E-state index contributed by atoms with van der Waals surface area (Å²) in [6.45, 7) is 0. The van der Waals surface area contributed by atoms with Gasteiger partial charge in [-0.25, -0.2) is 0 Å². The fourth-order valence-corrected chi connectivity index (χ4v) is 4.84. The lowest BCUT2D eigenvalue weighted by Gasteiger charge is -2.48. The van der Waals surface area contributed by atoms with Gasteiger partial charge in [-0.3, -0.25) is 4.79 Å². The number of hydrogen-bond acceptors (Lipinski definition) is 3. The molecular formula is C21H30O4. The Balaban J connectivity index is 1.58. The van der Waals surface area contributed by atoms with E-state index in [1.165, 1.54) is 24.8 Å². The van der Waals surface area contributed by atoms with Gasteiger partial charge in [0.2, 0.25) is 0 Å². The maximum absolute atomic E-state index is 10.6. The predicted molar refractivity (Wildman–Crippen MR) is 95.6 cm³/mol. The molecule has 4 heteroatoms. The number of carbonyl (C=O) groups is 1. The van der Waals surface area contributed by atoms with Gasteiger partial charge in [-0.15, -0.1) is 0 Å². The van der Waals surface area contributed by atoms with Crippen LogP contribution in [0.3, 0.4) is 0 Å². The lowest BCUT2D eigenvalue weighted by molar-refractivity contribution is -0.136. The lowest BCUT2D eigenvalue weighted by Crippen LogP contribution is -2.44. The van der Waals surface area contributed by atoms with Gasteiger partial charge >= 0.3 is 5.97 Å². The van der Waals surface area contributed by atoms with Crippen LogP contribution in [0.1, 0.15) is 64.2 Å². The molecule has 0 bridgehead atoms. The van der Waals surface area contributed by atoms with Crippen molar-refractivity contribution >= 4 is 5.97 Å². The van der Waals surface area contributed by atoms with Gasteiger partial charge in [0.25, 0.3) is 0 Å². The van der Waals surface area contributed by atoms with E-state index >= 15 is 0 Å². The molecule has 0 heterocycles. The number of aliphatic carboxylic acids is 1. The van der Waals surface area contributed by atoms with Crippen LogP contribution in [0.5, 0.6) is 0 Å². The van der Waals surface area contributed by atoms with Crippen LogP contribution in [0.2, 0.25) is 0 Å². The Kier molecular flexibility index (Phi) is 6.19. The van der Waals surface area contributed by atoms with Crippen LogP contribution in [-0.4, -0.2) is 33.5 Å². The number of hydrogen-bond donors (Lipinski definition) is 3. The molecule has 3 aliphatic carbocycles. The molecule has 3 N–H and O–H groups in total. The van der Waals surface area contributed by atoms with Crippen LogP contribution in [0.25, 0.3) is 0 Å². The first-order valence-corrected chi connectivity index (χ1v) is 9.84. The fourth-order valence-electron chi connectivity index (χ4n) is 4.84. The summed E-state index contributed by atoms with van der Waals surface area (Å²) in [5.41, 5.74) is 1.35. The predicted octanol–water partition coefficient (Wildman–Crippen LogP) is 3.13. The standard InChI is InChI=1S/C21H30O4/c22-19(14-5-2-1-3-6-14)11-10-17-18-13-15(7-4-8-21(24)25)16(18)9-12-20(17)23/h7,14,16-20,22-23H,1-6,8-9,12-13H2,(H,24,25)/b15-7-/t16-,17-,18+,19?,20-/m0/s1. The van der Waals surface area contributed by atoms with Crippen molar-refractivity contribution in [3.63, 3.8) is 0 Å². The van der Waals surface area contributed by atoms with Crippen LogP contribution in [0.4, 0.5) is 0 Å². The average Bonchev–Trinajstić information content (AvgIpc) is 2.59. The fraction of sp³-hybridized carbons (Fsp3) is 0.762. The minimum Gasteiger partial charge on any atom is -0.481 e. The van der Waals surface area contributed by atoms with Gasteiger partial charge in [-0.05, 0) is 56.3 Å². The third kappa shape index (κ3) is 4.46. The first kappa shape index (κ1) is 18.5. The van der Waals surface area contributed by atoms with Crippen molar-refractivity contribution < 1.29 is 20.1 Å². The molecule has 3 rings (SSSR count). The van der Waals surface area contributed by atoms with E-state index in [0.717, 1.165) is 32.1 Å². The second kappa shape index (κ2) is 8.38. The lowest BCUT2D eigenvalue weighted by atomic mass is 9.57. The van der Waals surface area contributed by atoms with E-state index in [2.05, 4.69) is 17.9 Å². The molecule has 25 heavy (non-hydrogen) atoms. The first-order valence-electron chi connectivity index (χ1n) is 9.84. The summed E-state index contributed by atoms with van der Waals surface area (Å²) >= 11 is 0. The molecule has 0 radical (unpaired) electrons. The monoisotopic (exact) mass is 346 g/mol. The van der Waals surface area contributed by atoms with Crippen LogP contribution in [-0.2, 0) is 4.79 Å². The van der Waals surface area contributed by atoms with E-state index in [1.807, 2.05) is 0 Å². The van der Waals surface area contributed by atoms with Crippen molar-refractivity contribution in [1.29, 1.82) is 0 Å². The van der Waals surface area contributed by atoms with Crippen LogP contribution >= 0.6 is 0 Å². The zero-order valence-electron chi connectivity index (χ0n) is 14.9. The molecule has 3 saturated carbocycles. The third-order valence-corrected chi connectivity index (χ3v) is 6.37. The maximum atomic E-state index is 10.6. The maximum Gasteiger partial charge on any atom is 0.303 e. The van der Waals surface area contributed by atoms with Crippen LogP contribution in [0, 0.1) is 35.5 Å². The van der Waals surface area contributed by atoms with Crippen LogP contribution in [0.15, 0.2) is 11.6 Å². The van der Waals surface area contributed by atoms with Crippen molar-refractivity contribution in [1.82, 2.24) is 0 Å². The molecule has 1 unspecified atom stereocenters. The number of carboxylic acid groups (broad SMARTS) is 1. The van der Waals surface area contributed by atoms with Crippen molar-refractivity contribution in [3.05, 3.63) is 11.6 Å². The van der Waals surface area contributed by atoms with E-state index in [4.69, 9.17) is 5.11 Å². The van der Waals surface area contributed by atoms with E-state index in [1.54, 1.807) is 0 Å². The molecule has 3 aliphatic rings. The Hall–Kier alpha value is -1.31. The van der Waals surface area contributed by atoms with Gasteiger partial charge in [0.15, 0.2) is 0 Å². The summed E-state index contributed by atoms with van der Waals surface area (Å²) in [7, 11) is 0. The van der Waals surface area contributed by atoms with Crippen molar-refractivity contribution in [2.75, 3.05) is 0 Å². The molecule has 5 atom stereocenters. The minimum atomic E-state index is -0.757. The molecule has 0 saturated heterocycles. The molecular weight excluding hydrogens is 316 g/mol. The Morgan fingerprint density at radius 3 is 2.68 bits per heavy atom. The summed E-state index contributed by atoms with van der Waals surface area (Å²) < 4.78 is 0. The summed E-state index contributed by atoms with van der Waals surface area (Å²) in [5, 5.41) is 29.5. The van der Waals surface area contributed by atoms with Gasteiger partial charge in [-0.1, -0.05) is 42.8 Å². The van der Waals surface area contributed by atoms with Crippen LogP contribution < -0.4 is 0 Å². The van der Waals surface area contributed by atoms with E-state index in [9.17, 15) is 15.0 Å². The highest BCUT2D eigenvalue weighted by atomic mass is 16.4. The highest BCUT2D eigenvalue weighted by Crippen LogP contribution is 2.51. The summed E-state index contributed by atoms with van der Waals surface area (Å²) in [4.78, 5) is 10.6. The zero-order valence-corrected chi connectivity index (χ0v) is 14.9. The highest BCUT2D eigenvalue weighted by Gasteiger charge is 2.46. The number of aliphatic hydroxyl groups is 2. The van der Waals surface area contributed by atoms with Crippen molar-refractivity contribution in [2.24, 2.45) is 23.7 Å². The molecule has 0 aromatic rings. The molecule has 0 amide bonds. The number of allylic oxidation sites excluding steroid dienone is 2. The number of aliphatic hydroxyl groups excluding tert-OH is 2. The smallest absolute Gasteiger partial charge is 0.303 e. The molecule has 0 spiro atoms. The molecule has 0 aromatic carbocycles. The summed E-state index contributed by atoms with van der Waals surface area (Å²) in [6.07, 6.45) is 10.3. The molecule has 4 nitrogen and oxygen atoms in total. The third-order valence-electron chi connectivity index (χ3n) is 6.37. The Labute approximate surface area is 150 Å². The minimum absolute atomic E-state index is 0.0476. The highest BCUT2D eigenvalue weighted by molar-refractivity contribution is 5.66. The second-order valence-electron chi connectivity index (χ2n) is 7.99. The largest absolute Gasteiger partial charge is 0.481 e. The van der Waals surface area contributed by atoms with Gasteiger partial charge in [0.05, 0.1) is 12.0 Å². The van der Waals surface area contributed by atoms with E-state index in [-0.39, 0.29) is 12.3 Å². The SMILES string of the molecule is O=C(O)CC/C=C1/C[C@H]2[C@H](C#CC(O)C3CCCCC3)[C@@H](O)CC[C@@H]12. The normalized spacial score (nSPS) is 35.2. The first-order chi connectivity index (χ1) is 12.1. The van der Waals surface area contributed by atoms with E-state index in [0.29, 0.717) is 24.2 Å².